The van der Waals surface area contributed by atoms with Crippen molar-refractivity contribution >= 4 is 28.8 Å². The van der Waals surface area contributed by atoms with Crippen LogP contribution in [0.4, 0.5) is 5.82 Å². The van der Waals surface area contributed by atoms with Gasteiger partial charge in [-0.05, 0) is 25.0 Å². The second-order valence-electron chi connectivity index (χ2n) is 5.09. The van der Waals surface area contributed by atoms with Gasteiger partial charge in [0.2, 0.25) is 0 Å². The minimum Gasteiger partial charge on any atom is -0.353 e. The van der Waals surface area contributed by atoms with Gasteiger partial charge in [0.05, 0.1) is 22.8 Å². The smallest absolute Gasteiger partial charge is 0.147 e. The van der Waals surface area contributed by atoms with Gasteiger partial charge in [-0.3, -0.25) is 4.98 Å². The van der Waals surface area contributed by atoms with Crippen molar-refractivity contribution < 1.29 is 0 Å². The Balaban J connectivity index is 1.63. The molecule has 0 saturated heterocycles. The average Bonchev–Trinajstić information content (AvgIpc) is 3.19. The van der Waals surface area contributed by atoms with Gasteiger partial charge in [-0.2, -0.15) is 0 Å². The van der Waals surface area contributed by atoms with Crippen LogP contribution in [-0.4, -0.2) is 23.1 Å². The molecule has 0 unspecified atom stereocenters. The Hall–Kier alpha value is -1.17. The van der Waals surface area contributed by atoms with E-state index >= 15 is 0 Å². The lowest BCUT2D eigenvalue weighted by Gasteiger charge is -2.17. The van der Waals surface area contributed by atoms with E-state index < -0.39 is 0 Å². The number of aromatic nitrogens is 2. The zero-order valence-corrected chi connectivity index (χ0v) is 12.9. The lowest BCUT2D eigenvalue weighted by Crippen LogP contribution is -2.20. The molecule has 20 heavy (non-hydrogen) atoms. The zero-order chi connectivity index (χ0) is 13.9. The molecule has 0 amide bonds. The second-order valence-corrected chi connectivity index (χ2v) is 6.89. The quantitative estimate of drug-likeness (QED) is 0.890. The molecule has 3 rings (SSSR count). The maximum absolute atomic E-state index is 5.96. The van der Waals surface area contributed by atoms with Crippen LogP contribution in [0.3, 0.4) is 0 Å². The van der Waals surface area contributed by atoms with Crippen LogP contribution >= 0.6 is 22.9 Å². The third kappa shape index (κ3) is 3.69. The van der Waals surface area contributed by atoms with E-state index in [1.54, 1.807) is 17.5 Å². The zero-order valence-electron chi connectivity index (χ0n) is 11.3. The predicted molar refractivity (Wildman–Crippen MR) is 83.3 cm³/mol. The highest BCUT2D eigenvalue weighted by molar-refractivity contribution is 7.16. The number of anilines is 1. The fourth-order valence-electron chi connectivity index (χ4n) is 1.95. The number of hydrogen-bond donors (Lipinski definition) is 1. The standard InChI is InChI=1S/C14H17ClN4S/c1-19(9-12-4-5-13(15)20-12)14-8-16-6-11(18-14)7-17-10-2-3-10/h4-6,8,10,17H,2-3,7,9H2,1H3. The van der Waals surface area contributed by atoms with Crippen molar-refractivity contribution in [3.05, 3.63) is 39.4 Å². The van der Waals surface area contributed by atoms with Crippen LogP contribution in [0.1, 0.15) is 23.4 Å². The van der Waals surface area contributed by atoms with Gasteiger partial charge < -0.3 is 10.2 Å². The van der Waals surface area contributed by atoms with Gasteiger partial charge >= 0.3 is 0 Å². The van der Waals surface area contributed by atoms with Crippen LogP contribution in [-0.2, 0) is 13.1 Å². The molecule has 1 saturated carbocycles. The van der Waals surface area contributed by atoms with Gasteiger partial charge in [0.15, 0.2) is 0 Å². The summed E-state index contributed by atoms with van der Waals surface area (Å²) in [6.45, 7) is 1.59. The van der Waals surface area contributed by atoms with Crippen molar-refractivity contribution in [3.8, 4) is 0 Å². The van der Waals surface area contributed by atoms with Gasteiger partial charge in [0.25, 0.3) is 0 Å². The van der Waals surface area contributed by atoms with Crippen LogP contribution in [0.5, 0.6) is 0 Å². The molecule has 1 aliphatic carbocycles. The molecule has 0 aromatic carbocycles. The molecule has 6 heteroatoms. The SMILES string of the molecule is CN(Cc1ccc(Cl)s1)c1cncc(CNC2CC2)n1. The van der Waals surface area contributed by atoms with Crippen molar-refractivity contribution in [3.63, 3.8) is 0 Å². The summed E-state index contributed by atoms with van der Waals surface area (Å²) < 4.78 is 0.821. The summed E-state index contributed by atoms with van der Waals surface area (Å²) in [4.78, 5) is 12.2. The summed E-state index contributed by atoms with van der Waals surface area (Å²) in [5, 5.41) is 3.46. The van der Waals surface area contributed by atoms with Crippen LogP contribution in [0.25, 0.3) is 0 Å². The summed E-state index contributed by atoms with van der Waals surface area (Å²) in [5.74, 6) is 0.893. The summed E-state index contributed by atoms with van der Waals surface area (Å²) in [6, 6.07) is 4.67. The highest BCUT2D eigenvalue weighted by Crippen LogP contribution is 2.24. The fourth-order valence-corrected chi connectivity index (χ4v) is 3.09. The van der Waals surface area contributed by atoms with E-state index in [4.69, 9.17) is 11.6 Å². The molecular weight excluding hydrogens is 292 g/mol. The van der Waals surface area contributed by atoms with Crippen LogP contribution < -0.4 is 10.2 Å². The van der Waals surface area contributed by atoms with E-state index in [-0.39, 0.29) is 0 Å². The molecule has 2 heterocycles. The first-order chi connectivity index (χ1) is 9.70. The topological polar surface area (TPSA) is 41.1 Å². The molecule has 106 valence electrons. The van der Waals surface area contributed by atoms with E-state index in [1.165, 1.54) is 17.7 Å². The molecule has 0 radical (unpaired) electrons. The predicted octanol–water partition coefficient (Wildman–Crippen LogP) is 3.08. The molecule has 4 nitrogen and oxygen atoms in total. The molecule has 0 atom stereocenters. The van der Waals surface area contributed by atoms with Gasteiger partial charge in [-0.25, -0.2) is 4.98 Å². The Labute approximate surface area is 127 Å². The van der Waals surface area contributed by atoms with E-state index in [1.807, 2.05) is 19.3 Å². The van der Waals surface area contributed by atoms with Crippen molar-refractivity contribution in [2.75, 3.05) is 11.9 Å². The number of hydrogen-bond acceptors (Lipinski definition) is 5. The van der Waals surface area contributed by atoms with E-state index in [2.05, 4.69) is 26.3 Å². The Morgan fingerprint density at radius 3 is 2.95 bits per heavy atom. The maximum Gasteiger partial charge on any atom is 0.147 e. The molecule has 0 spiro atoms. The summed E-state index contributed by atoms with van der Waals surface area (Å²) >= 11 is 7.56. The van der Waals surface area contributed by atoms with Gasteiger partial charge in [-0.15, -0.1) is 11.3 Å². The first-order valence-corrected chi connectivity index (χ1v) is 7.90. The molecule has 1 aliphatic rings. The number of rotatable bonds is 6. The lowest BCUT2D eigenvalue weighted by atomic mass is 10.4. The van der Waals surface area contributed by atoms with E-state index in [0.29, 0.717) is 6.04 Å². The average molecular weight is 309 g/mol. The molecule has 1 fully saturated rings. The van der Waals surface area contributed by atoms with Crippen molar-refractivity contribution in [2.24, 2.45) is 0 Å². The highest BCUT2D eigenvalue weighted by atomic mass is 35.5. The Morgan fingerprint density at radius 2 is 2.25 bits per heavy atom. The number of thiophene rings is 1. The first kappa shape index (κ1) is 13.8. The van der Waals surface area contributed by atoms with Gasteiger partial charge in [0.1, 0.15) is 5.82 Å². The molecule has 0 bridgehead atoms. The van der Waals surface area contributed by atoms with Crippen LogP contribution in [0, 0.1) is 0 Å². The Kier molecular flexibility index (Phi) is 4.19. The third-order valence-electron chi connectivity index (χ3n) is 3.23. The minimum atomic E-state index is 0.687. The molecule has 0 aliphatic heterocycles. The maximum atomic E-state index is 5.96. The van der Waals surface area contributed by atoms with Crippen LogP contribution in [0.2, 0.25) is 4.34 Å². The third-order valence-corrected chi connectivity index (χ3v) is 4.45. The second kappa shape index (κ2) is 6.08. The normalized spacial score (nSPS) is 14.5. The summed E-state index contributed by atoms with van der Waals surface area (Å²) in [5.41, 5.74) is 0.991. The highest BCUT2D eigenvalue weighted by Gasteiger charge is 2.20. The number of halogens is 1. The van der Waals surface area contributed by atoms with E-state index in [0.717, 1.165) is 28.9 Å². The Morgan fingerprint density at radius 1 is 1.40 bits per heavy atom. The van der Waals surface area contributed by atoms with Crippen molar-refractivity contribution in [1.82, 2.24) is 15.3 Å². The summed E-state index contributed by atoms with van der Waals surface area (Å²) in [6.07, 6.45) is 6.20. The fraction of sp³-hybridized carbons (Fsp3) is 0.429. The number of nitrogens with zero attached hydrogens (tertiary/aromatic N) is 3. The van der Waals surface area contributed by atoms with Gasteiger partial charge in [0, 0.05) is 30.7 Å². The number of nitrogens with one attached hydrogen (secondary N) is 1. The van der Waals surface area contributed by atoms with Crippen LogP contribution in [0.15, 0.2) is 24.5 Å². The first-order valence-electron chi connectivity index (χ1n) is 6.70. The molecular formula is C14H17ClN4S. The largest absolute Gasteiger partial charge is 0.353 e. The monoisotopic (exact) mass is 308 g/mol. The van der Waals surface area contributed by atoms with Crippen molar-refractivity contribution in [2.45, 2.75) is 32.0 Å². The minimum absolute atomic E-state index is 0.687. The van der Waals surface area contributed by atoms with E-state index in [9.17, 15) is 0 Å². The molecule has 2 aromatic rings. The van der Waals surface area contributed by atoms with Crippen molar-refractivity contribution in [1.29, 1.82) is 0 Å². The molecule has 2 aromatic heterocycles. The van der Waals surface area contributed by atoms with Gasteiger partial charge in [-0.1, -0.05) is 11.6 Å². The lowest BCUT2D eigenvalue weighted by molar-refractivity contribution is 0.670. The summed E-state index contributed by atoms with van der Waals surface area (Å²) in [7, 11) is 2.02. The molecule has 1 N–H and O–H groups in total. The Bertz CT molecular complexity index is 582.